The molecule has 2 aromatic heterocycles. The number of hydrogen-bond donors (Lipinski definition) is 1. The predicted octanol–water partition coefficient (Wildman–Crippen LogP) is 2.27. The van der Waals surface area contributed by atoms with Gasteiger partial charge in [0, 0.05) is 31.5 Å². The van der Waals surface area contributed by atoms with Crippen LogP contribution in [0.4, 0.5) is 11.6 Å². The molecular weight excluding hydrogens is 340 g/mol. The van der Waals surface area contributed by atoms with Crippen molar-refractivity contribution in [3.05, 3.63) is 42.0 Å². The van der Waals surface area contributed by atoms with Gasteiger partial charge >= 0.3 is 0 Å². The van der Waals surface area contributed by atoms with Gasteiger partial charge in [-0.1, -0.05) is 6.07 Å². The SMILES string of the molecule is Cc1cccc(Nc2cc(CC3CCN(CC(=O)N(C)C)CC3)ncn2)n1. The molecule has 1 aliphatic rings. The largest absolute Gasteiger partial charge is 0.348 e. The summed E-state index contributed by atoms with van der Waals surface area (Å²) < 4.78 is 0. The fourth-order valence-corrected chi connectivity index (χ4v) is 3.30. The lowest BCUT2D eigenvalue weighted by Crippen LogP contribution is -2.41. The average Bonchev–Trinajstić information content (AvgIpc) is 2.63. The third-order valence-corrected chi connectivity index (χ3v) is 4.93. The molecule has 27 heavy (non-hydrogen) atoms. The summed E-state index contributed by atoms with van der Waals surface area (Å²) in [5, 5.41) is 3.25. The number of nitrogens with one attached hydrogen (secondary N) is 1. The molecule has 0 unspecified atom stereocenters. The summed E-state index contributed by atoms with van der Waals surface area (Å²) in [6.45, 7) is 4.42. The molecule has 1 aliphatic heterocycles. The zero-order valence-corrected chi connectivity index (χ0v) is 16.4. The number of aryl methyl sites for hydroxylation is 1. The van der Waals surface area contributed by atoms with Gasteiger partial charge in [-0.15, -0.1) is 0 Å². The second kappa shape index (κ2) is 8.90. The highest BCUT2D eigenvalue weighted by Gasteiger charge is 2.22. The second-order valence-electron chi connectivity index (χ2n) is 7.40. The van der Waals surface area contributed by atoms with Gasteiger partial charge in [0.25, 0.3) is 0 Å². The molecule has 144 valence electrons. The Hall–Kier alpha value is -2.54. The summed E-state index contributed by atoms with van der Waals surface area (Å²) >= 11 is 0. The highest BCUT2D eigenvalue weighted by molar-refractivity contribution is 5.77. The van der Waals surface area contributed by atoms with E-state index >= 15 is 0 Å². The van der Waals surface area contributed by atoms with Gasteiger partial charge < -0.3 is 10.2 Å². The standard InChI is InChI=1S/C20H28N6O/c1-15-5-4-6-18(23-15)24-19-12-17(21-14-22-19)11-16-7-9-26(10-8-16)13-20(27)25(2)3/h4-6,12,14,16H,7-11,13H2,1-3H3,(H,21,22,23,24). The molecule has 7 nitrogen and oxygen atoms in total. The summed E-state index contributed by atoms with van der Waals surface area (Å²) in [7, 11) is 3.62. The Morgan fingerprint density at radius 2 is 2.00 bits per heavy atom. The maximum Gasteiger partial charge on any atom is 0.236 e. The van der Waals surface area contributed by atoms with Gasteiger partial charge in [-0.2, -0.15) is 0 Å². The van der Waals surface area contributed by atoms with Crippen LogP contribution in [0.15, 0.2) is 30.6 Å². The third kappa shape index (κ3) is 5.72. The van der Waals surface area contributed by atoms with Gasteiger partial charge in [0.1, 0.15) is 18.0 Å². The summed E-state index contributed by atoms with van der Waals surface area (Å²) in [6, 6.07) is 7.88. The molecule has 0 aliphatic carbocycles. The highest BCUT2D eigenvalue weighted by atomic mass is 16.2. The number of carbonyl (C=O) groups excluding carboxylic acids is 1. The molecule has 0 atom stereocenters. The molecule has 0 saturated carbocycles. The van der Waals surface area contributed by atoms with E-state index in [-0.39, 0.29) is 5.91 Å². The second-order valence-corrected chi connectivity index (χ2v) is 7.40. The molecule has 1 N–H and O–H groups in total. The molecular formula is C20H28N6O. The van der Waals surface area contributed by atoms with Crippen molar-refractivity contribution in [2.75, 3.05) is 39.0 Å². The van der Waals surface area contributed by atoms with E-state index in [9.17, 15) is 4.79 Å². The third-order valence-electron chi connectivity index (χ3n) is 4.93. The van der Waals surface area contributed by atoms with E-state index in [0.29, 0.717) is 12.5 Å². The lowest BCUT2D eigenvalue weighted by Gasteiger charge is -2.32. The number of aromatic nitrogens is 3. The van der Waals surface area contributed by atoms with E-state index in [4.69, 9.17) is 0 Å². The number of likely N-dealkylation sites (tertiary alicyclic amines) is 1. The van der Waals surface area contributed by atoms with Crippen LogP contribution < -0.4 is 5.32 Å². The van der Waals surface area contributed by atoms with Crippen LogP contribution in [-0.2, 0) is 11.2 Å². The Morgan fingerprint density at radius 3 is 2.70 bits per heavy atom. The Kier molecular flexibility index (Phi) is 6.34. The van der Waals surface area contributed by atoms with Crippen molar-refractivity contribution in [2.24, 2.45) is 5.92 Å². The number of hydrogen-bond acceptors (Lipinski definition) is 6. The summed E-state index contributed by atoms with van der Waals surface area (Å²) in [6.07, 6.45) is 4.73. The number of nitrogens with zero attached hydrogens (tertiary/aromatic N) is 5. The molecule has 0 spiro atoms. The van der Waals surface area contributed by atoms with E-state index in [2.05, 4.69) is 25.2 Å². The minimum Gasteiger partial charge on any atom is -0.348 e. The number of anilines is 2. The van der Waals surface area contributed by atoms with E-state index in [0.717, 1.165) is 55.4 Å². The number of rotatable bonds is 6. The number of pyridine rings is 1. The van der Waals surface area contributed by atoms with Crippen molar-refractivity contribution in [1.82, 2.24) is 24.8 Å². The van der Waals surface area contributed by atoms with Gasteiger partial charge in [-0.3, -0.25) is 9.69 Å². The Labute approximate surface area is 160 Å². The zero-order chi connectivity index (χ0) is 19.2. The summed E-state index contributed by atoms with van der Waals surface area (Å²) in [4.78, 5) is 28.9. The number of likely N-dealkylation sites (N-methyl/N-ethyl adjacent to an activating group) is 1. The van der Waals surface area contributed by atoms with Crippen LogP contribution in [0.1, 0.15) is 24.2 Å². The molecule has 3 rings (SSSR count). The van der Waals surface area contributed by atoms with Gasteiger partial charge in [-0.05, 0) is 57.3 Å². The Morgan fingerprint density at radius 1 is 1.22 bits per heavy atom. The topological polar surface area (TPSA) is 74.2 Å². The predicted molar refractivity (Wildman–Crippen MR) is 106 cm³/mol. The van der Waals surface area contributed by atoms with Crippen molar-refractivity contribution in [1.29, 1.82) is 0 Å². The van der Waals surface area contributed by atoms with Crippen LogP contribution in [0.5, 0.6) is 0 Å². The molecule has 7 heteroatoms. The number of amides is 1. The molecule has 0 radical (unpaired) electrons. The Bertz CT molecular complexity index is 771. The van der Waals surface area contributed by atoms with E-state index in [1.54, 1.807) is 11.2 Å². The van der Waals surface area contributed by atoms with E-state index in [1.165, 1.54) is 0 Å². The highest BCUT2D eigenvalue weighted by Crippen LogP contribution is 2.22. The molecule has 0 bridgehead atoms. The number of piperidine rings is 1. The van der Waals surface area contributed by atoms with Crippen LogP contribution in [-0.4, -0.2) is 64.4 Å². The van der Waals surface area contributed by atoms with Crippen LogP contribution in [0.3, 0.4) is 0 Å². The maximum atomic E-state index is 11.8. The van der Waals surface area contributed by atoms with Crippen molar-refractivity contribution >= 4 is 17.5 Å². The number of carbonyl (C=O) groups is 1. The van der Waals surface area contributed by atoms with Crippen molar-refractivity contribution in [3.8, 4) is 0 Å². The van der Waals surface area contributed by atoms with Gasteiger partial charge in [0.2, 0.25) is 5.91 Å². The first-order valence-electron chi connectivity index (χ1n) is 9.43. The normalized spacial score (nSPS) is 15.5. The summed E-state index contributed by atoms with van der Waals surface area (Å²) in [5.41, 5.74) is 2.01. The van der Waals surface area contributed by atoms with Gasteiger partial charge in [-0.25, -0.2) is 15.0 Å². The summed E-state index contributed by atoms with van der Waals surface area (Å²) in [5.74, 6) is 2.32. The van der Waals surface area contributed by atoms with Gasteiger partial charge in [0.15, 0.2) is 0 Å². The monoisotopic (exact) mass is 368 g/mol. The fraction of sp³-hybridized carbons (Fsp3) is 0.500. The lowest BCUT2D eigenvalue weighted by atomic mass is 9.92. The molecule has 0 aromatic carbocycles. The van der Waals surface area contributed by atoms with Crippen molar-refractivity contribution in [2.45, 2.75) is 26.2 Å². The first-order chi connectivity index (χ1) is 13.0. The molecule has 2 aromatic rings. The minimum absolute atomic E-state index is 0.171. The molecule has 1 amide bonds. The first-order valence-corrected chi connectivity index (χ1v) is 9.43. The molecule has 1 fully saturated rings. The average molecular weight is 368 g/mol. The maximum absolute atomic E-state index is 11.8. The molecule has 1 saturated heterocycles. The van der Waals surface area contributed by atoms with E-state index < -0.39 is 0 Å². The quantitative estimate of drug-likeness (QED) is 0.843. The lowest BCUT2D eigenvalue weighted by molar-refractivity contribution is -0.130. The van der Waals surface area contributed by atoms with Crippen LogP contribution in [0.2, 0.25) is 0 Å². The zero-order valence-electron chi connectivity index (χ0n) is 16.4. The van der Waals surface area contributed by atoms with Crippen molar-refractivity contribution in [3.63, 3.8) is 0 Å². The van der Waals surface area contributed by atoms with E-state index in [1.807, 2.05) is 45.3 Å². The van der Waals surface area contributed by atoms with Crippen LogP contribution in [0, 0.1) is 12.8 Å². The van der Waals surface area contributed by atoms with Crippen LogP contribution in [0.25, 0.3) is 0 Å². The molecule has 3 heterocycles. The minimum atomic E-state index is 0.171. The Balaban J connectivity index is 1.52. The smallest absolute Gasteiger partial charge is 0.236 e. The van der Waals surface area contributed by atoms with Crippen LogP contribution >= 0.6 is 0 Å². The van der Waals surface area contributed by atoms with Gasteiger partial charge in [0.05, 0.1) is 6.54 Å². The van der Waals surface area contributed by atoms with Crippen molar-refractivity contribution < 1.29 is 4.79 Å². The fourth-order valence-electron chi connectivity index (χ4n) is 3.30. The first kappa shape index (κ1) is 19.2.